The first-order valence-electron chi connectivity index (χ1n) is 8.19. The Bertz CT molecular complexity index is 915. The van der Waals surface area contributed by atoms with Crippen molar-refractivity contribution in [3.8, 4) is 5.75 Å². The van der Waals surface area contributed by atoms with Crippen molar-refractivity contribution in [2.24, 2.45) is 0 Å². The molecule has 26 heavy (non-hydrogen) atoms. The fourth-order valence-electron chi connectivity index (χ4n) is 2.40. The highest BCUT2D eigenvalue weighted by atomic mass is 32.1. The molecule has 0 saturated carbocycles. The van der Waals surface area contributed by atoms with Crippen LogP contribution in [-0.2, 0) is 4.79 Å². The van der Waals surface area contributed by atoms with Crippen LogP contribution in [0.2, 0.25) is 0 Å². The fraction of sp³-hybridized carbons (Fsp3) is 0.100. The van der Waals surface area contributed by atoms with Crippen molar-refractivity contribution < 1.29 is 9.53 Å². The minimum Gasteiger partial charge on any atom is -0.481 e. The second kappa shape index (κ2) is 8.31. The highest BCUT2D eigenvalue weighted by Gasteiger charge is 2.15. The quantitative estimate of drug-likeness (QED) is 0.487. The van der Waals surface area contributed by atoms with Crippen molar-refractivity contribution >= 4 is 39.7 Å². The number of amides is 1. The van der Waals surface area contributed by atoms with Gasteiger partial charge >= 0.3 is 0 Å². The van der Waals surface area contributed by atoms with Crippen molar-refractivity contribution in [1.82, 2.24) is 10.9 Å². The Hall–Kier alpha value is -3.12. The Morgan fingerprint density at radius 1 is 0.923 bits per heavy atom. The molecule has 1 atom stereocenters. The van der Waals surface area contributed by atoms with Crippen LogP contribution in [0.25, 0.3) is 10.8 Å². The summed E-state index contributed by atoms with van der Waals surface area (Å²) in [6.45, 7) is 1.68. The molecule has 0 aliphatic carbocycles. The monoisotopic (exact) mass is 365 g/mol. The normalized spacial score (nSPS) is 11.4. The number of hydrogen-bond acceptors (Lipinski definition) is 3. The Labute approximate surface area is 157 Å². The van der Waals surface area contributed by atoms with Crippen molar-refractivity contribution in [2.75, 3.05) is 5.32 Å². The molecular weight excluding hydrogens is 346 g/mol. The predicted octanol–water partition coefficient (Wildman–Crippen LogP) is 3.62. The van der Waals surface area contributed by atoms with Gasteiger partial charge in [0.2, 0.25) is 0 Å². The van der Waals surface area contributed by atoms with E-state index < -0.39 is 6.10 Å². The summed E-state index contributed by atoms with van der Waals surface area (Å²) < 4.78 is 5.72. The molecule has 0 aliphatic heterocycles. The summed E-state index contributed by atoms with van der Waals surface area (Å²) in [6, 6.07) is 23.2. The number of carbonyl (C=O) groups excluding carboxylic acids is 1. The van der Waals surface area contributed by atoms with Crippen LogP contribution >= 0.6 is 12.2 Å². The van der Waals surface area contributed by atoms with Gasteiger partial charge in [0.1, 0.15) is 5.75 Å². The molecule has 6 heteroatoms. The van der Waals surface area contributed by atoms with E-state index in [0.717, 1.165) is 16.5 Å². The van der Waals surface area contributed by atoms with Gasteiger partial charge in [-0.25, -0.2) is 0 Å². The topological polar surface area (TPSA) is 62.4 Å². The van der Waals surface area contributed by atoms with E-state index >= 15 is 0 Å². The molecule has 1 amide bonds. The fourth-order valence-corrected chi connectivity index (χ4v) is 2.57. The standard InChI is InChI=1S/C20H19N3O2S/c1-14(25-18-12-11-15-7-5-6-8-16(15)13-18)19(24)22-23-20(26)21-17-9-3-2-4-10-17/h2-14H,1H3,(H,22,24)(H2,21,23,26)/t14-/m0/s1. The maximum Gasteiger partial charge on any atom is 0.279 e. The van der Waals surface area contributed by atoms with Gasteiger partial charge in [-0.1, -0.05) is 48.5 Å². The highest BCUT2D eigenvalue weighted by Crippen LogP contribution is 2.21. The maximum atomic E-state index is 12.2. The molecule has 0 radical (unpaired) electrons. The van der Waals surface area contributed by atoms with Crippen LogP contribution in [0.1, 0.15) is 6.92 Å². The first-order chi connectivity index (χ1) is 12.6. The lowest BCUT2D eigenvalue weighted by Gasteiger charge is -2.17. The zero-order chi connectivity index (χ0) is 18.4. The predicted molar refractivity (Wildman–Crippen MR) is 108 cm³/mol. The van der Waals surface area contributed by atoms with Crippen LogP contribution < -0.4 is 20.9 Å². The van der Waals surface area contributed by atoms with Crippen molar-refractivity contribution in [3.05, 3.63) is 72.8 Å². The van der Waals surface area contributed by atoms with Gasteiger partial charge in [0.05, 0.1) is 0 Å². The number of thiocarbonyl (C=S) groups is 1. The number of fused-ring (bicyclic) bond motifs is 1. The molecular formula is C20H19N3O2S. The lowest BCUT2D eigenvalue weighted by atomic mass is 10.1. The van der Waals surface area contributed by atoms with Crippen LogP contribution in [0.4, 0.5) is 5.69 Å². The van der Waals surface area contributed by atoms with Gasteiger partial charge in [-0.15, -0.1) is 0 Å². The van der Waals surface area contributed by atoms with Crippen LogP contribution in [-0.4, -0.2) is 17.1 Å². The molecule has 0 saturated heterocycles. The van der Waals surface area contributed by atoms with Gasteiger partial charge in [-0.3, -0.25) is 15.6 Å². The number of hydrazine groups is 1. The lowest BCUT2D eigenvalue weighted by molar-refractivity contribution is -0.127. The van der Waals surface area contributed by atoms with E-state index in [-0.39, 0.29) is 5.91 Å². The zero-order valence-electron chi connectivity index (χ0n) is 14.2. The van der Waals surface area contributed by atoms with Gasteiger partial charge in [-0.2, -0.15) is 0 Å². The van der Waals surface area contributed by atoms with E-state index in [4.69, 9.17) is 17.0 Å². The highest BCUT2D eigenvalue weighted by molar-refractivity contribution is 7.80. The summed E-state index contributed by atoms with van der Waals surface area (Å²) in [5, 5.41) is 5.45. The largest absolute Gasteiger partial charge is 0.481 e. The number of ether oxygens (including phenoxy) is 1. The number of anilines is 1. The molecule has 0 aromatic heterocycles. The Morgan fingerprint density at radius 3 is 2.38 bits per heavy atom. The minimum atomic E-state index is -0.678. The average molecular weight is 365 g/mol. The van der Waals surface area contributed by atoms with Crippen LogP contribution in [0.5, 0.6) is 5.75 Å². The molecule has 3 aromatic carbocycles. The summed E-state index contributed by atoms with van der Waals surface area (Å²) in [5.74, 6) is 0.312. The number of para-hydroxylation sites is 1. The second-order valence-corrected chi connectivity index (χ2v) is 6.11. The molecule has 3 rings (SSSR count). The number of rotatable bonds is 4. The summed E-state index contributed by atoms with van der Waals surface area (Å²) in [6.07, 6.45) is -0.678. The van der Waals surface area contributed by atoms with Gasteiger partial charge < -0.3 is 10.1 Å². The molecule has 5 nitrogen and oxygen atoms in total. The van der Waals surface area contributed by atoms with E-state index in [9.17, 15) is 4.79 Å². The lowest BCUT2D eigenvalue weighted by Crippen LogP contribution is -2.48. The van der Waals surface area contributed by atoms with E-state index in [1.165, 1.54) is 0 Å². The van der Waals surface area contributed by atoms with E-state index in [2.05, 4.69) is 16.2 Å². The first-order valence-corrected chi connectivity index (χ1v) is 8.60. The molecule has 3 N–H and O–H groups in total. The van der Waals surface area contributed by atoms with Gasteiger partial charge in [0.15, 0.2) is 11.2 Å². The molecule has 0 heterocycles. The van der Waals surface area contributed by atoms with Crippen LogP contribution in [0, 0.1) is 0 Å². The number of nitrogens with one attached hydrogen (secondary N) is 3. The number of hydrogen-bond donors (Lipinski definition) is 3. The molecule has 0 aliphatic rings. The molecule has 0 unspecified atom stereocenters. The smallest absolute Gasteiger partial charge is 0.279 e. The Morgan fingerprint density at radius 2 is 1.62 bits per heavy atom. The minimum absolute atomic E-state index is 0.294. The third-order valence-electron chi connectivity index (χ3n) is 3.73. The summed E-state index contributed by atoms with van der Waals surface area (Å²) in [7, 11) is 0. The Balaban J connectivity index is 1.51. The molecule has 0 bridgehead atoms. The number of carbonyl (C=O) groups is 1. The van der Waals surface area contributed by atoms with Gasteiger partial charge in [0.25, 0.3) is 5.91 Å². The summed E-state index contributed by atoms with van der Waals surface area (Å²) in [5.41, 5.74) is 6.04. The number of benzene rings is 3. The zero-order valence-corrected chi connectivity index (χ0v) is 15.0. The maximum absolute atomic E-state index is 12.2. The van der Waals surface area contributed by atoms with Crippen molar-refractivity contribution in [1.29, 1.82) is 0 Å². The third kappa shape index (κ3) is 4.70. The van der Waals surface area contributed by atoms with E-state index in [1.54, 1.807) is 6.92 Å². The molecule has 0 fully saturated rings. The van der Waals surface area contributed by atoms with Crippen LogP contribution in [0.15, 0.2) is 72.8 Å². The SMILES string of the molecule is C[C@H](Oc1ccc2ccccc2c1)C(=O)NNC(=S)Nc1ccccc1. The van der Waals surface area contributed by atoms with Gasteiger partial charge in [0, 0.05) is 5.69 Å². The van der Waals surface area contributed by atoms with E-state index in [0.29, 0.717) is 10.9 Å². The van der Waals surface area contributed by atoms with E-state index in [1.807, 2.05) is 72.8 Å². The van der Waals surface area contributed by atoms with Gasteiger partial charge in [-0.05, 0) is 54.2 Å². The van der Waals surface area contributed by atoms with Crippen LogP contribution in [0.3, 0.4) is 0 Å². The molecule has 3 aromatic rings. The second-order valence-electron chi connectivity index (χ2n) is 5.70. The molecule has 132 valence electrons. The third-order valence-corrected chi connectivity index (χ3v) is 3.94. The van der Waals surface area contributed by atoms with Crippen molar-refractivity contribution in [2.45, 2.75) is 13.0 Å². The first kappa shape index (κ1) is 17.7. The average Bonchev–Trinajstić information content (AvgIpc) is 2.66. The summed E-state index contributed by atoms with van der Waals surface area (Å²) >= 11 is 5.15. The summed E-state index contributed by atoms with van der Waals surface area (Å²) in [4.78, 5) is 12.2. The molecule has 0 spiro atoms. The Kier molecular flexibility index (Phi) is 5.66. The van der Waals surface area contributed by atoms with Crippen molar-refractivity contribution in [3.63, 3.8) is 0 Å².